The normalized spacial score (nSPS) is 31.6. The van der Waals surface area contributed by atoms with Crippen LogP contribution in [0.1, 0.15) is 11.3 Å². The number of nitrogens with zero attached hydrogens (tertiary/aromatic N) is 1. The van der Waals surface area contributed by atoms with Crippen molar-refractivity contribution >= 4 is 23.2 Å². The number of hydrogen-bond acceptors (Lipinski definition) is 4. The molecule has 0 aliphatic heterocycles. The van der Waals surface area contributed by atoms with Crippen LogP contribution in [0.2, 0.25) is 0 Å². The predicted molar refractivity (Wildman–Crippen MR) is 69.3 cm³/mol. The van der Waals surface area contributed by atoms with E-state index in [0.29, 0.717) is 6.54 Å². The molecular formula is C13H14N2O3S. The fourth-order valence-corrected chi connectivity index (χ4v) is 3.67. The van der Waals surface area contributed by atoms with Gasteiger partial charge in [-0.1, -0.05) is 12.2 Å². The lowest BCUT2D eigenvalue weighted by molar-refractivity contribution is -0.147. The van der Waals surface area contributed by atoms with E-state index in [1.54, 1.807) is 11.7 Å². The molecule has 0 spiro atoms. The maximum absolute atomic E-state index is 12.2. The van der Waals surface area contributed by atoms with Crippen LogP contribution < -0.4 is 5.32 Å². The molecule has 0 saturated heterocycles. The zero-order chi connectivity index (χ0) is 13.4. The van der Waals surface area contributed by atoms with E-state index in [2.05, 4.69) is 10.3 Å². The van der Waals surface area contributed by atoms with Crippen LogP contribution in [0.25, 0.3) is 0 Å². The zero-order valence-corrected chi connectivity index (χ0v) is 11.0. The van der Waals surface area contributed by atoms with Gasteiger partial charge in [0.25, 0.3) is 0 Å². The number of hydrogen-bond donors (Lipinski definition) is 2. The monoisotopic (exact) mass is 278 g/mol. The molecule has 1 aromatic rings. The minimum Gasteiger partial charge on any atom is -0.481 e. The van der Waals surface area contributed by atoms with Crippen molar-refractivity contribution in [3.63, 3.8) is 0 Å². The summed E-state index contributed by atoms with van der Waals surface area (Å²) in [6.45, 7) is 0.424. The van der Waals surface area contributed by atoms with E-state index < -0.39 is 17.8 Å². The first-order valence-corrected chi connectivity index (χ1v) is 7.11. The maximum Gasteiger partial charge on any atom is 0.307 e. The number of carboxylic acid groups (broad SMARTS) is 1. The van der Waals surface area contributed by atoms with Gasteiger partial charge in [-0.2, -0.15) is 0 Å². The van der Waals surface area contributed by atoms with Crippen LogP contribution in [0.3, 0.4) is 0 Å². The lowest BCUT2D eigenvalue weighted by Crippen LogP contribution is -2.39. The molecule has 1 fully saturated rings. The third kappa shape index (κ3) is 2.16. The Morgan fingerprint density at radius 2 is 2.11 bits per heavy atom. The number of aliphatic carboxylic acids is 1. The Kier molecular flexibility index (Phi) is 3.10. The smallest absolute Gasteiger partial charge is 0.307 e. The average molecular weight is 278 g/mol. The Balaban J connectivity index is 1.68. The van der Waals surface area contributed by atoms with Crippen LogP contribution in [-0.2, 0) is 16.1 Å². The van der Waals surface area contributed by atoms with E-state index in [1.807, 2.05) is 12.2 Å². The lowest BCUT2D eigenvalue weighted by Gasteiger charge is -2.23. The number of carbonyl (C=O) groups is 2. The number of fused-ring (bicyclic) bond motifs is 2. The molecule has 4 atom stereocenters. The number of nitrogens with one attached hydrogen (secondary N) is 1. The van der Waals surface area contributed by atoms with Crippen LogP contribution in [0.4, 0.5) is 0 Å². The first-order chi connectivity index (χ1) is 9.16. The van der Waals surface area contributed by atoms with Crippen LogP contribution >= 0.6 is 11.3 Å². The van der Waals surface area contributed by atoms with Gasteiger partial charge < -0.3 is 10.4 Å². The summed E-state index contributed by atoms with van der Waals surface area (Å²) in [5, 5.41) is 12.1. The van der Waals surface area contributed by atoms with Gasteiger partial charge in [0.1, 0.15) is 0 Å². The highest BCUT2D eigenvalue weighted by Crippen LogP contribution is 2.48. The minimum absolute atomic E-state index is 0.0154. The number of amides is 1. The van der Waals surface area contributed by atoms with Gasteiger partial charge in [0.2, 0.25) is 5.91 Å². The maximum atomic E-state index is 12.2. The number of rotatable bonds is 4. The summed E-state index contributed by atoms with van der Waals surface area (Å²) in [5.74, 6) is -1.93. The molecule has 2 N–H and O–H groups in total. The Morgan fingerprint density at radius 1 is 1.37 bits per heavy atom. The first kappa shape index (κ1) is 12.3. The molecule has 1 aromatic heterocycles. The highest BCUT2D eigenvalue weighted by molar-refractivity contribution is 7.09. The Morgan fingerprint density at radius 3 is 2.74 bits per heavy atom. The lowest BCUT2D eigenvalue weighted by atomic mass is 9.82. The molecule has 19 heavy (non-hydrogen) atoms. The van der Waals surface area contributed by atoms with Crippen molar-refractivity contribution in [3.8, 4) is 0 Å². The molecule has 100 valence electrons. The van der Waals surface area contributed by atoms with Crippen LogP contribution in [0.15, 0.2) is 23.9 Å². The van der Waals surface area contributed by atoms with Gasteiger partial charge in [-0.25, -0.2) is 0 Å². The topological polar surface area (TPSA) is 79.3 Å². The third-order valence-corrected chi connectivity index (χ3v) is 4.75. The quantitative estimate of drug-likeness (QED) is 0.813. The van der Waals surface area contributed by atoms with Gasteiger partial charge in [-0.05, 0) is 18.3 Å². The summed E-state index contributed by atoms with van der Waals surface area (Å²) in [7, 11) is 0. The van der Waals surface area contributed by atoms with E-state index >= 15 is 0 Å². The van der Waals surface area contributed by atoms with E-state index in [-0.39, 0.29) is 17.7 Å². The van der Waals surface area contributed by atoms with Crippen molar-refractivity contribution < 1.29 is 14.7 Å². The SMILES string of the molecule is O=C(O)[C@@H]1C2C=CC(C2)[C@@H]1C(=O)NCc1cncs1. The molecule has 2 unspecified atom stereocenters. The number of thiazole rings is 1. The van der Waals surface area contributed by atoms with E-state index in [4.69, 9.17) is 0 Å². The highest BCUT2D eigenvalue weighted by Gasteiger charge is 2.51. The molecule has 0 aromatic carbocycles. The van der Waals surface area contributed by atoms with Gasteiger partial charge in [-0.3, -0.25) is 14.6 Å². The van der Waals surface area contributed by atoms with Crippen LogP contribution in [0, 0.1) is 23.7 Å². The van der Waals surface area contributed by atoms with E-state index in [0.717, 1.165) is 11.3 Å². The highest BCUT2D eigenvalue weighted by atomic mass is 32.1. The van der Waals surface area contributed by atoms with Crippen LogP contribution in [-0.4, -0.2) is 22.0 Å². The number of carboxylic acids is 1. The molecule has 1 amide bonds. The summed E-state index contributed by atoms with van der Waals surface area (Å²) in [6, 6.07) is 0. The molecule has 6 heteroatoms. The van der Waals surface area contributed by atoms with Gasteiger partial charge >= 0.3 is 5.97 Å². The van der Waals surface area contributed by atoms with Crippen molar-refractivity contribution in [2.45, 2.75) is 13.0 Å². The van der Waals surface area contributed by atoms with Gasteiger partial charge in [0.15, 0.2) is 0 Å². The molecule has 2 aliphatic carbocycles. The molecule has 1 heterocycles. The van der Waals surface area contributed by atoms with Gasteiger partial charge in [-0.15, -0.1) is 11.3 Å². The largest absolute Gasteiger partial charge is 0.481 e. The fraction of sp³-hybridized carbons (Fsp3) is 0.462. The summed E-state index contributed by atoms with van der Waals surface area (Å²) in [5.41, 5.74) is 1.71. The Labute approximate surface area is 114 Å². The third-order valence-electron chi connectivity index (χ3n) is 3.97. The Bertz CT molecular complexity index is 526. The second-order valence-corrected chi connectivity index (χ2v) is 5.99. The van der Waals surface area contributed by atoms with Crippen LogP contribution in [0.5, 0.6) is 0 Å². The summed E-state index contributed by atoms with van der Waals surface area (Å²) < 4.78 is 0. The molecule has 2 aliphatic rings. The summed E-state index contributed by atoms with van der Waals surface area (Å²) in [6.07, 6.45) is 6.42. The number of carbonyl (C=O) groups excluding carboxylic acids is 1. The van der Waals surface area contributed by atoms with Crippen molar-refractivity contribution in [3.05, 3.63) is 28.7 Å². The molecule has 0 radical (unpaired) electrons. The number of aromatic nitrogens is 1. The fourth-order valence-electron chi connectivity index (χ4n) is 3.14. The van der Waals surface area contributed by atoms with Gasteiger partial charge in [0, 0.05) is 11.1 Å². The molecular weight excluding hydrogens is 264 g/mol. The predicted octanol–water partition coefficient (Wildman–Crippen LogP) is 1.28. The molecule has 1 saturated carbocycles. The second-order valence-electron chi connectivity index (χ2n) is 5.02. The minimum atomic E-state index is -0.866. The van der Waals surface area contributed by atoms with E-state index in [9.17, 15) is 14.7 Å². The summed E-state index contributed by atoms with van der Waals surface area (Å²) in [4.78, 5) is 28.5. The van der Waals surface area contributed by atoms with E-state index in [1.165, 1.54) is 11.3 Å². The van der Waals surface area contributed by atoms with Crippen molar-refractivity contribution in [2.24, 2.45) is 23.7 Å². The molecule has 3 rings (SSSR count). The first-order valence-electron chi connectivity index (χ1n) is 6.23. The van der Waals surface area contributed by atoms with Crippen molar-refractivity contribution in [1.82, 2.24) is 10.3 Å². The standard InChI is InChI=1S/C13H14N2O3S/c16-12(15-5-9-4-14-6-19-9)10-7-1-2-8(3-7)11(10)13(17)18/h1-2,4,6-8,10-11H,3,5H2,(H,15,16)(H,17,18)/t7?,8?,10-,11+/m0/s1. The number of allylic oxidation sites excluding steroid dienone is 2. The summed E-state index contributed by atoms with van der Waals surface area (Å²) >= 11 is 1.47. The van der Waals surface area contributed by atoms with Crippen molar-refractivity contribution in [1.29, 1.82) is 0 Å². The molecule has 2 bridgehead atoms. The average Bonchev–Trinajstić information content (AvgIpc) is 3.10. The molecule has 5 nitrogen and oxygen atoms in total. The van der Waals surface area contributed by atoms with Gasteiger partial charge in [0.05, 0.1) is 23.9 Å². The zero-order valence-electron chi connectivity index (χ0n) is 10.2. The second kappa shape index (κ2) is 4.77. The van der Waals surface area contributed by atoms with Crippen molar-refractivity contribution in [2.75, 3.05) is 0 Å². The Hall–Kier alpha value is -1.69.